The molecule has 0 radical (unpaired) electrons. The van der Waals surface area contributed by atoms with Crippen LogP contribution in [0.5, 0.6) is 11.5 Å². The van der Waals surface area contributed by atoms with Gasteiger partial charge < -0.3 is 14.9 Å². The van der Waals surface area contributed by atoms with Gasteiger partial charge in [0.1, 0.15) is 17.6 Å². The summed E-state index contributed by atoms with van der Waals surface area (Å²) in [5, 5.41) is 20.0. The Kier molecular flexibility index (Phi) is 6.90. The maximum Gasteiger partial charge on any atom is 0.191 e. The van der Waals surface area contributed by atoms with Gasteiger partial charge in [-0.2, -0.15) is 0 Å². The Bertz CT molecular complexity index is 746. The number of benzene rings is 2. The SMILES string of the molecule is COc1c(Br)cc(C[C@H](O)C(=O)c2cc(Br)c(O)c(Br)c2)cc1Br. The average Bonchev–Trinajstić information content (AvgIpc) is 2.51. The molecule has 0 bridgehead atoms. The van der Waals surface area contributed by atoms with E-state index < -0.39 is 11.9 Å². The maximum atomic E-state index is 12.4. The summed E-state index contributed by atoms with van der Waals surface area (Å²) in [5.74, 6) is 0.217. The van der Waals surface area contributed by atoms with Gasteiger partial charge in [0, 0.05) is 12.0 Å². The van der Waals surface area contributed by atoms with Crippen LogP contribution in [0.4, 0.5) is 0 Å². The molecule has 0 aliphatic heterocycles. The van der Waals surface area contributed by atoms with Crippen molar-refractivity contribution in [3.05, 3.63) is 53.3 Å². The Morgan fingerprint density at radius 1 is 1.04 bits per heavy atom. The summed E-state index contributed by atoms with van der Waals surface area (Å²) in [6.45, 7) is 0. The third-order valence-corrected chi connectivity index (χ3v) is 5.68. The molecule has 2 aromatic carbocycles. The van der Waals surface area contributed by atoms with Gasteiger partial charge in [0.15, 0.2) is 5.78 Å². The first-order valence-corrected chi connectivity index (χ1v) is 9.84. The number of halogens is 4. The second kappa shape index (κ2) is 8.31. The van der Waals surface area contributed by atoms with Crippen molar-refractivity contribution in [3.8, 4) is 11.5 Å². The van der Waals surface area contributed by atoms with E-state index in [0.29, 0.717) is 20.3 Å². The minimum atomic E-state index is -1.21. The first kappa shape index (κ1) is 19.9. The maximum absolute atomic E-state index is 12.4. The van der Waals surface area contributed by atoms with Crippen molar-refractivity contribution in [1.82, 2.24) is 0 Å². The lowest BCUT2D eigenvalue weighted by molar-refractivity contribution is 0.0748. The number of Topliss-reactive ketones (excluding diaryl/α,β-unsaturated/α-hetero) is 1. The molecule has 2 rings (SSSR count). The van der Waals surface area contributed by atoms with E-state index in [1.807, 2.05) is 0 Å². The Hall–Kier alpha value is -0.410. The Balaban J connectivity index is 2.24. The molecule has 1 atom stereocenters. The third-order valence-electron chi connectivity index (χ3n) is 3.30. The van der Waals surface area contributed by atoms with Crippen LogP contribution in [0, 0.1) is 0 Å². The number of methoxy groups -OCH3 is 1. The van der Waals surface area contributed by atoms with Gasteiger partial charge in [0.25, 0.3) is 0 Å². The molecule has 0 fully saturated rings. The molecule has 0 amide bonds. The Morgan fingerprint density at radius 2 is 1.54 bits per heavy atom. The van der Waals surface area contributed by atoms with Crippen LogP contribution in [-0.4, -0.2) is 29.2 Å². The van der Waals surface area contributed by atoms with Gasteiger partial charge in [-0.25, -0.2) is 0 Å². The number of hydrogen-bond donors (Lipinski definition) is 2. The van der Waals surface area contributed by atoms with Crippen molar-refractivity contribution in [2.24, 2.45) is 0 Å². The average molecular weight is 588 g/mol. The zero-order valence-corrected chi connectivity index (χ0v) is 18.7. The van der Waals surface area contributed by atoms with E-state index in [-0.39, 0.29) is 12.2 Å². The summed E-state index contributed by atoms with van der Waals surface area (Å²) in [6, 6.07) is 6.54. The van der Waals surface area contributed by atoms with Crippen molar-refractivity contribution in [1.29, 1.82) is 0 Å². The number of ether oxygens (including phenoxy) is 1. The molecule has 2 aromatic rings. The van der Waals surface area contributed by atoms with Gasteiger partial charge >= 0.3 is 0 Å². The van der Waals surface area contributed by atoms with E-state index in [1.165, 1.54) is 12.1 Å². The summed E-state index contributed by atoms with van der Waals surface area (Å²) in [6.07, 6.45) is -1.06. The van der Waals surface area contributed by atoms with Crippen LogP contribution in [0.1, 0.15) is 15.9 Å². The van der Waals surface area contributed by atoms with E-state index in [0.717, 1.165) is 14.5 Å². The van der Waals surface area contributed by atoms with Crippen LogP contribution >= 0.6 is 63.7 Å². The van der Waals surface area contributed by atoms with Crippen LogP contribution in [0.2, 0.25) is 0 Å². The second-order valence-corrected chi connectivity index (χ2v) is 8.38. The zero-order valence-electron chi connectivity index (χ0n) is 12.3. The fourth-order valence-electron chi connectivity index (χ4n) is 2.14. The molecule has 2 N–H and O–H groups in total. The van der Waals surface area contributed by atoms with Crippen LogP contribution in [-0.2, 0) is 6.42 Å². The number of aromatic hydroxyl groups is 1. The molecule has 8 heteroatoms. The Labute approximate surface area is 172 Å². The van der Waals surface area contributed by atoms with E-state index in [1.54, 1.807) is 19.2 Å². The number of ketones is 1. The third kappa shape index (κ3) is 4.40. The smallest absolute Gasteiger partial charge is 0.191 e. The van der Waals surface area contributed by atoms with Crippen molar-refractivity contribution in [2.75, 3.05) is 7.11 Å². The van der Waals surface area contributed by atoms with E-state index in [9.17, 15) is 15.0 Å². The van der Waals surface area contributed by atoms with Crippen molar-refractivity contribution in [3.63, 3.8) is 0 Å². The number of aliphatic hydroxyl groups is 1. The number of carbonyl (C=O) groups excluding carboxylic acids is 1. The zero-order chi connectivity index (χ0) is 18.0. The number of aliphatic hydroxyl groups excluding tert-OH is 1. The standard InChI is InChI=1S/C16H12Br4O4/c1-24-16-11(19)2-7(3-12(16)20)4-13(21)14(22)8-5-9(17)15(23)10(18)6-8/h2-3,5-6,13,21,23H,4H2,1H3/t13-/m0/s1. The van der Waals surface area contributed by atoms with Gasteiger partial charge in [-0.05, 0) is 93.5 Å². The fourth-order valence-corrected chi connectivity index (χ4v) is 4.93. The van der Waals surface area contributed by atoms with Crippen molar-refractivity contribution in [2.45, 2.75) is 12.5 Å². The van der Waals surface area contributed by atoms with Gasteiger partial charge in [-0.15, -0.1) is 0 Å². The number of phenolic OH excluding ortho intramolecular Hbond substituents is 1. The largest absolute Gasteiger partial charge is 0.506 e. The van der Waals surface area contributed by atoms with E-state index in [4.69, 9.17) is 4.74 Å². The molecule has 0 unspecified atom stereocenters. The van der Waals surface area contributed by atoms with Gasteiger partial charge in [0.2, 0.25) is 0 Å². The highest BCUT2D eigenvalue weighted by Crippen LogP contribution is 2.36. The predicted octanol–water partition coefficient (Wildman–Crippen LogP) is 5.24. The molecule has 0 saturated heterocycles. The molecular weight excluding hydrogens is 576 g/mol. The molecule has 0 saturated carbocycles. The minimum absolute atomic E-state index is 0.00375. The monoisotopic (exact) mass is 584 g/mol. The van der Waals surface area contributed by atoms with Gasteiger partial charge in [-0.3, -0.25) is 4.79 Å². The number of phenols is 1. The van der Waals surface area contributed by atoms with Crippen LogP contribution in [0.3, 0.4) is 0 Å². The van der Waals surface area contributed by atoms with E-state index >= 15 is 0 Å². The highest BCUT2D eigenvalue weighted by Gasteiger charge is 2.21. The summed E-state index contributed by atoms with van der Waals surface area (Å²) in [7, 11) is 1.56. The summed E-state index contributed by atoms with van der Waals surface area (Å²) in [4.78, 5) is 12.4. The highest BCUT2D eigenvalue weighted by atomic mass is 79.9. The topological polar surface area (TPSA) is 66.8 Å². The first-order valence-electron chi connectivity index (χ1n) is 6.66. The first-order chi connectivity index (χ1) is 11.2. The fraction of sp³-hybridized carbons (Fsp3) is 0.188. The molecule has 0 spiro atoms. The normalized spacial score (nSPS) is 12.1. The van der Waals surface area contributed by atoms with Crippen LogP contribution < -0.4 is 4.74 Å². The predicted molar refractivity (Wildman–Crippen MR) is 106 cm³/mol. The molecule has 4 nitrogen and oxygen atoms in total. The molecule has 24 heavy (non-hydrogen) atoms. The summed E-state index contributed by atoms with van der Waals surface area (Å²) < 4.78 is 7.44. The lowest BCUT2D eigenvalue weighted by Gasteiger charge is -2.13. The number of hydrogen-bond acceptors (Lipinski definition) is 4. The summed E-state index contributed by atoms with van der Waals surface area (Å²) >= 11 is 13.1. The van der Waals surface area contributed by atoms with Gasteiger partial charge in [0.05, 0.1) is 25.0 Å². The lowest BCUT2D eigenvalue weighted by Crippen LogP contribution is -2.23. The Morgan fingerprint density at radius 3 is 2.00 bits per heavy atom. The molecule has 128 valence electrons. The molecular formula is C16H12Br4O4. The minimum Gasteiger partial charge on any atom is -0.506 e. The number of carbonyl (C=O) groups is 1. The van der Waals surface area contributed by atoms with Gasteiger partial charge in [-0.1, -0.05) is 0 Å². The number of rotatable bonds is 5. The van der Waals surface area contributed by atoms with Crippen molar-refractivity contribution < 1.29 is 19.7 Å². The van der Waals surface area contributed by atoms with Crippen LogP contribution in [0.15, 0.2) is 42.2 Å². The second-order valence-electron chi connectivity index (χ2n) is 4.97. The molecule has 0 aliphatic carbocycles. The van der Waals surface area contributed by atoms with Crippen molar-refractivity contribution >= 4 is 69.5 Å². The van der Waals surface area contributed by atoms with Crippen LogP contribution in [0.25, 0.3) is 0 Å². The lowest BCUT2D eigenvalue weighted by atomic mass is 10.00. The molecule has 0 heterocycles. The quantitative estimate of drug-likeness (QED) is 0.470. The highest BCUT2D eigenvalue weighted by molar-refractivity contribution is 9.11. The molecule has 0 aromatic heterocycles. The summed E-state index contributed by atoms with van der Waals surface area (Å²) in [5.41, 5.74) is 1.07. The van der Waals surface area contributed by atoms with E-state index in [2.05, 4.69) is 63.7 Å². The molecule has 0 aliphatic rings.